The van der Waals surface area contributed by atoms with Crippen LogP contribution in [0.2, 0.25) is 0 Å². The number of nitrogens with zero attached hydrogens (tertiary/aromatic N) is 1. The van der Waals surface area contributed by atoms with Crippen molar-refractivity contribution in [2.45, 2.75) is 30.3 Å². The highest BCUT2D eigenvalue weighted by Crippen LogP contribution is 2.27. The molecule has 0 spiro atoms. The van der Waals surface area contributed by atoms with Gasteiger partial charge in [-0.05, 0) is 42.5 Å². The first-order chi connectivity index (χ1) is 9.74. The van der Waals surface area contributed by atoms with Gasteiger partial charge < -0.3 is 5.73 Å². The van der Waals surface area contributed by atoms with E-state index in [2.05, 4.69) is 0 Å². The number of fused-ring (bicyclic) bond motifs is 1. The molecule has 0 aromatic heterocycles. The number of sulfonamides is 1. The molecule has 0 unspecified atom stereocenters. The lowest BCUT2D eigenvalue weighted by molar-refractivity contribution is -0.136. The van der Waals surface area contributed by atoms with Crippen LogP contribution in [-0.2, 0) is 22.9 Å². The maximum Gasteiger partial charge on any atom is 0.402 e. The number of rotatable bonds is 5. The van der Waals surface area contributed by atoms with Crippen LogP contribution in [0.5, 0.6) is 0 Å². The van der Waals surface area contributed by atoms with E-state index in [0.29, 0.717) is 4.31 Å². The Kier molecular flexibility index (Phi) is 4.60. The van der Waals surface area contributed by atoms with E-state index in [0.717, 1.165) is 30.4 Å². The highest BCUT2D eigenvalue weighted by atomic mass is 32.2. The molecule has 2 N–H and O–H groups in total. The Bertz CT molecular complexity index is 614. The average molecular weight is 322 g/mol. The molecule has 0 aliphatic heterocycles. The molecule has 1 aliphatic carbocycles. The summed E-state index contributed by atoms with van der Waals surface area (Å²) >= 11 is 0. The summed E-state index contributed by atoms with van der Waals surface area (Å²) in [6.07, 6.45) is -2.02. The third-order valence-corrected chi connectivity index (χ3v) is 5.28. The van der Waals surface area contributed by atoms with E-state index < -0.39 is 22.7 Å². The molecule has 0 fully saturated rings. The summed E-state index contributed by atoms with van der Waals surface area (Å²) in [7, 11) is -4.18. The number of benzene rings is 1. The first-order valence-electron chi connectivity index (χ1n) is 6.63. The number of hydrogen-bond donors (Lipinski definition) is 1. The van der Waals surface area contributed by atoms with Gasteiger partial charge in [-0.3, -0.25) is 0 Å². The minimum absolute atomic E-state index is 0.0964. The number of aryl methyl sites for hydroxylation is 2. The summed E-state index contributed by atoms with van der Waals surface area (Å²) in [5, 5.41) is 0. The number of alkyl halides is 3. The Morgan fingerprint density at radius 1 is 1.19 bits per heavy atom. The number of hydrogen-bond acceptors (Lipinski definition) is 3. The molecule has 0 bridgehead atoms. The van der Waals surface area contributed by atoms with E-state index in [1.807, 2.05) is 0 Å². The van der Waals surface area contributed by atoms with Crippen LogP contribution in [0.1, 0.15) is 17.5 Å². The zero-order valence-corrected chi connectivity index (χ0v) is 12.2. The second-order valence-electron chi connectivity index (χ2n) is 5.03. The summed E-state index contributed by atoms with van der Waals surface area (Å²) in [5.41, 5.74) is 7.20. The lowest BCUT2D eigenvalue weighted by atomic mass is 10.1. The van der Waals surface area contributed by atoms with Gasteiger partial charge in [0.05, 0.1) is 4.90 Å². The summed E-state index contributed by atoms with van der Waals surface area (Å²) in [4.78, 5) is -0.0964. The maximum absolute atomic E-state index is 12.5. The Labute approximate surface area is 121 Å². The van der Waals surface area contributed by atoms with Crippen LogP contribution in [-0.4, -0.2) is 38.5 Å². The van der Waals surface area contributed by atoms with Gasteiger partial charge in [-0.15, -0.1) is 0 Å². The highest BCUT2D eigenvalue weighted by Gasteiger charge is 2.36. The Hall–Kier alpha value is -1.12. The van der Waals surface area contributed by atoms with Gasteiger partial charge in [0.25, 0.3) is 0 Å². The van der Waals surface area contributed by atoms with Crippen LogP contribution >= 0.6 is 0 Å². The zero-order valence-electron chi connectivity index (χ0n) is 11.4. The number of halogens is 3. The van der Waals surface area contributed by atoms with Gasteiger partial charge in [0.15, 0.2) is 0 Å². The minimum Gasteiger partial charge on any atom is -0.329 e. The third kappa shape index (κ3) is 3.75. The Balaban J connectivity index is 2.33. The molecule has 1 aromatic carbocycles. The Morgan fingerprint density at radius 2 is 1.86 bits per heavy atom. The van der Waals surface area contributed by atoms with Gasteiger partial charge in [0, 0.05) is 13.1 Å². The van der Waals surface area contributed by atoms with Crippen molar-refractivity contribution in [3.63, 3.8) is 0 Å². The molecule has 1 aliphatic rings. The van der Waals surface area contributed by atoms with Crippen molar-refractivity contribution < 1.29 is 21.6 Å². The van der Waals surface area contributed by atoms with Crippen LogP contribution in [0.15, 0.2) is 23.1 Å². The van der Waals surface area contributed by atoms with E-state index in [9.17, 15) is 21.6 Å². The lowest BCUT2D eigenvalue weighted by Gasteiger charge is -2.23. The topological polar surface area (TPSA) is 63.4 Å². The number of nitrogens with two attached hydrogens (primary N) is 1. The monoisotopic (exact) mass is 322 g/mol. The highest BCUT2D eigenvalue weighted by molar-refractivity contribution is 7.89. The molecule has 0 saturated heterocycles. The smallest absolute Gasteiger partial charge is 0.329 e. The molecule has 0 heterocycles. The molecule has 21 heavy (non-hydrogen) atoms. The van der Waals surface area contributed by atoms with Gasteiger partial charge >= 0.3 is 6.18 Å². The first-order valence-corrected chi connectivity index (χ1v) is 8.07. The average Bonchev–Trinajstić information content (AvgIpc) is 2.83. The van der Waals surface area contributed by atoms with E-state index in [4.69, 9.17) is 5.73 Å². The zero-order chi connectivity index (χ0) is 15.7. The fourth-order valence-corrected chi connectivity index (χ4v) is 3.98. The van der Waals surface area contributed by atoms with Gasteiger partial charge in [-0.1, -0.05) is 6.07 Å². The van der Waals surface area contributed by atoms with Crippen LogP contribution in [0.25, 0.3) is 0 Å². The summed E-state index contributed by atoms with van der Waals surface area (Å²) in [6.45, 7) is -2.05. The molecule has 0 atom stereocenters. The summed E-state index contributed by atoms with van der Waals surface area (Å²) in [5.74, 6) is 0. The standard InChI is InChI=1S/C13H17F3N2O2S/c14-13(15,16)9-18(7-6-17)21(19,20)12-5-4-10-2-1-3-11(10)8-12/h4-5,8H,1-3,6-7,9,17H2. The molecular weight excluding hydrogens is 305 g/mol. The summed E-state index contributed by atoms with van der Waals surface area (Å²) in [6, 6.07) is 4.54. The van der Waals surface area contributed by atoms with Crippen molar-refractivity contribution in [2.24, 2.45) is 5.73 Å². The van der Waals surface area contributed by atoms with Crippen LogP contribution in [0.3, 0.4) is 0 Å². The molecular formula is C13H17F3N2O2S. The van der Waals surface area contributed by atoms with Crippen LogP contribution in [0, 0.1) is 0 Å². The van der Waals surface area contributed by atoms with Crippen molar-refractivity contribution in [1.29, 1.82) is 0 Å². The van der Waals surface area contributed by atoms with Crippen molar-refractivity contribution in [3.8, 4) is 0 Å². The minimum atomic E-state index is -4.60. The predicted molar refractivity (Wildman–Crippen MR) is 72.3 cm³/mol. The molecule has 0 radical (unpaired) electrons. The molecule has 2 rings (SSSR count). The van der Waals surface area contributed by atoms with Gasteiger partial charge in [0.2, 0.25) is 10.0 Å². The second-order valence-corrected chi connectivity index (χ2v) is 6.96. The van der Waals surface area contributed by atoms with E-state index in [-0.39, 0.29) is 18.0 Å². The fraction of sp³-hybridized carbons (Fsp3) is 0.538. The third-order valence-electron chi connectivity index (χ3n) is 3.44. The van der Waals surface area contributed by atoms with Crippen LogP contribution in [0.4, 0.5) is 13.2 Å². The molecule has 0 saturated carbocycles. The predicted octanol–water partition coefficient (Wildman–Crippen LogP) is 1.69. The summed E-state index contributed by atoms with van der Waals surface area (Å²) < 4.78 is 62.8. The van der Waals surface area contributed by atoms with Gasteiger partial charge in [-0.2, -0.15) is 17.5 Å². The van der Waals surface area contributed by atoms with E-state index in [1.165, 1.54) is 12.1 Å². The SMILES string of the molecule is NCCN(CC(F)(F)F)S(=O)(=O)c1ccc2c(c1)CCC2. The first kappa shape index (κ1) is 16.3. The van der Waals surface area contributed by atoms with Gasteiger partial charge in [0.1, 0.15) is 6.54 Å². The van der Waals surface area contributed by atoms with Crippen molar-refractivity contribution >= 4 is 10.0 Å². The molecule has 1 aromatic rings. The Morgan fingerprint density at radius 3 is 2.48 bits per heavy atom. The molecule has 118 valence electrons. The molecule has 8 heteroatoms. The fourth-order valence-electron chi connectivity index (χ4n) is 2.49. The molecule has 0 amide bonds. The maximum atomic E-state index is 12.5. The van der Waals surface area contributed by atoms with E-state index in [1.54, 1.807) is 6.07 Å². The lowest BCUT2D eigenvalue weighted by Crippen LogP contribution is -2.41. The normalized spacial score (nSPS) is 15.5. The quantitative estimate of drug-likeness (QED) is 0.897. The second kappa shape index (κ2) is 5.94. The van der Waals surface area contributed by atoms with Gasteiger partial charge in [-0.25, -0.2) is 8.42 Å². The van der Waals surface area contributed by atoms with Crippen molar-refractivity contribution in [3.05, 3.63) is 29.3 Å². The van der Waals surface area contributed by atoms with Crippen molar-refractivity contribution in [2.75, 3.05) is 19.6 Å². The largest absolute Gasteiger partial charge is 0.402 e. The van der Waals surface area contributed by atoms with E-state index >= 15 is 0 Å². The van der Waals surface area contributed by atoms with Crippen LogP contribution < -0.4 is 5.73 Å². The van der Waals surface area contributed by atoms with Crippen molar-refractivity contribution in [1.82, 2.24) is 4.31 Å². The molecule has 4 nitrogen and oxygen atoms in total.